The molecule has 1 amide bonds. The van der Waals surface area contributed by atoms with E-state index in [9.17, 15) is 14.7 Å². The Morgan fingerprint density at radius 3 is 2.65 bits per heavy atom. The highest BCUT2D eigenvalue weighted by molar-refractivity contribution is 9.10. The quantitative estimate of drug-likeness (QED) is 0.199. The van der Waals surface area contributed by atoms with Crippen molar-refractivity contribution >= 4 is 56.5 Å². The maximum Gasteiger partial charge on any atom is 0.335 e. The number of hydrogen-bond acceptors (Lipinski definition) is 7. The molecule has 0 bridgehead atoms. The molecule has 1 aliphatic heterocycles. The lowest BCUT2D eigenvalue weighted by molar-refractivity contribution is -0.122. The number of ether oxygens (including phenoxy) is 2. The first kappa shape index (κ1) is 27.3. The standard InChI is InChI=1S/C30H23BrN2O6S/c1-37-25-15-20(14-24(31)27(25)39-18-19-7-5-8-21(13-19)29(35)36)16-26-28(34)33(17-23-11-6-12-38-23)30(40-26)32-22-9-3-2-4-10-22/h2-16H,17-18H2,1H3,(H,35,36)/b26-16+,32-30?. The van der Waals surface area contributed by atoms with Gasteiger partial charge in [0.2, 0.25) is 0 Å². The van der Waals surface area contributed by atoms with Gasteiger partial charge in [0.25, 0.3) is 5.91 Å². The van der Waals surface area contributed by atoms with Gasteiger partial charge in [-0.15, -0.1) is 0 Å². The number of benzene rings is 3. The van der Waals surface area contributed by atoms with E-state index in [0.717, 1.165) is 11.3 Å². The summed E-state index contributed by atoms with van der Waals surface area (Å²) in [7, 11) is 1.53. The fourth-order valence-electron chi connectivity index (χ4n) is 3.97. The lowest BCUT2D eigenvalue weighted by Crippen LogP contribution is -2.28. The number of hydrogen-bond donors (Lipinski definition) is 1. The molecular formula is C30H23BrN2O6S. The van der Waals surface area contributed by atoms with Crippen LogP contribution in [0.15, 0.2) is 104 Å². The topological polar surface area (TPSA) is 102 Å². The molecule has 1 N–H and O–H groups in total. The Hall–Kier alpha value is -4.28. The molecule has 40 heavy (non-hydrogen) atoms. The van der Waals surface area contributed by atoms with Crippen LogP contribution in [-0.2, 0) is 17.9 Å². The summed E-state index contributed by atoms with van der Waals surface area (Å²) < 4.78 is 17.7. The summed E-state index contributed by atoms with van der Waals surface area (Å²) in [5.41, 5.74) is 2.35. The molecule has 0 saturated carbocycles. The first-order valence-corrected chi connectivity index (χ1v) is 13.7. The van der Waals surface area contributed by atoms with Crippen molar-refractivity contribution in [3.05, 3.63) is 117 Å². The number of aromatic carboxylic acids is 1. The third-order valence-corrected chi connectivity index (χ3v) is 7.47. The minimum Gasteiger partial charge on any atom is -0.493 e. The van der Waals surface area contributed by atoms with Crippen LogP contribution >= 0.6 is 27.7 Å². The van der Waals surface area contributed by atoms with Crippen LogP contribution in [0, 0.1) is 0 Å². The number of aliphatic imine (C=N–C) groups is 1. The molecule has 0 atom stereocenters. The first-order chi connectivity index (χ1) is 19.4. The van der Waals surface area contributed by atoms with Crippen LogP contribution in [0.5, 0.6) is 11.5 Å². The summed E-state index contributed by atoms with van der Waals surface area (Å²) in [5.74, 6) is 0.371. The maximum absolute atomic E-state index is 13.5. The molecule has 3 aromatic carbocycles. The number of furan rings is 1. The fourth-order valence-corrected chi connectivity index (χ4v) is 5.54. The van der Waals surface area contributed by atoms with Gasteiger partial charge >= 0.3 is 5.97 Å². The van der Waals surface area contributed by atoms with Crippen LogP contribution in [0.2, 0.25) is 0 Å². The fraction of sp³-hybridized carbons (Fsp3) is 0.100. The van der Waals surface area contributed by atoms with E-state index in [-0.39, 0.29) is 24.6 Å². The van der Waals surface area contributed by atoms with Gasteiger partial charge in [0.1, 0.15) is 12.4 Å². The van der Waals surface area contributed by atoms with Gasteiger partial charge in [0, 0.05) is 0 Å². The zero-order valence-corrected chi connectivity index (χ0v) is 23.6. The second-order valence-corrected chi connectivity index (χ2v) is 10.5. The van der Waals surface area contributed by atoms with E-state index >= 15 is 0 Å². The average Bonchev–Trinajstić information content (AvgIpc) is 3.57. The minimum atomic E-state index is -1.00. The predicted molar refractivity (Wildman–Crippen MR) is 157 cm³/mol. The van der Waals surface area contributed by atoms with Crippen LogP contribution in [0.4, 0.5) is 5.69 Å². The minimum absolute atomic E-state index is 0.145. The molecule has 0 unspecified atom stereocenters. The number of carbonyl (C=O) groups is 2. The number of thioether (sulfide) groups is 1. The molecule has 0 radical (unpaired) electrons. The number of carboxylic acid groups (broad SMARTS) is 1. The molecule has 1 saturated heterocycles. The molecule has 1 fully saturated rings. The van der Waals surface area contributed by atoms with Crippen LogP contribution < -0.4 is 9.47 Å². The highest BCUT2D eigenvalue weighted by atomic mass is 79.9. The van der Waals surface area contributed by atoms with Gasteiger partial charge < -0.3 is 19.0 Å². The SMILES string of the molecule is COc1cc(/C=C2/SC(=Nc3ccccc3)N(Cc3ccco3)C2=O)cc(Br)c1OCc1cccc(C(=O)O)c1. The van der Waals surface area contributed by atoms with Crippen molar-refractivity contribution in [2.75, 3.05) is 7.11 Å². The number of para-hydroxylation sites is 1. The number of methoxy groups -OCH3 is 1. The molecule has 4 aromatic rings. The molecular weight excluding hydrogens is 596 g/mol. The Kier molecular flexibility index (Phi) is 8.37. The molecule has 8 nitrogen and oxygen atoms in total. The smallest absolute Gasteiger partial charge is 0.335 e. The molecule has 10 heteroatoms. The molecule has 202 valence electrons. The number of rotatable bonds is 9. The van der Waals surface area contributed by atoms with Crippen LogP contribution in [0.1, 0.15) is 27.2 Å². The summed E-state index contributed by atoms with van der Waals surface area (Å²) in [6, 6.07) is 23.2. The Morgan fingerprint density at radius 2 is 1.93 bits per heavy atom. The number of amidine groups is 1. The predicted octanol–water partition coefficient (Wildman–Crippen LogP) is 7.13. The second kappa shape index (κ2) is 12.3. The number of halogens is 1. The van der Waals surface area contributed by atoms with Crippen molar-refractivity contribution in [3.63, 3.8) is 0 Å². The zero-order valence-electron chi connectivity index (χ0n) is 21.2. The Labute approximate surface area is 243 Å². The molecule has 1 aliphatic rings. The van der Waals surface area contributed by atoms with E-state index in [2.05, 4.69) is 15.9 Å². The van der Waals surface area contributed by atoms with Crippen molar-refractivity contribution in [2.45, 2.75) is 13.2 Å². The molecule has 1 aromatic heterocycles. The van der Waals surface area contributed by atoms with Crippen LogP contribution in [0.3, 0.4) is 0 Å². The lowest BCUT2D eigenvalue weighted by Gasteiger charge is -2.14. The highest BCUT2D eigenvalue weighted by Crippen LogP contribution is 2.40. The first-order valence-electron chi connectivity index (χ1n) is 12.1. The van der Waals surface area contributed by atoms with Crippen molar-refractivity contribution in [2.24, 2.45) is 4.99 Å². The Morgan fingerprint density at radius 1 is 1.10 bits per heavy atom. The van der Waals surface area contributed by atoms with Crippen molar-refractivity contribution in [3.8, 4) is 11.5 Å². The third-order valence-electron chi connectivity index (χ3n) is 5.87. The number of nitrogens with zero attached hydrogens (tertiary/aromatic N) is 2. The van der Waals surface area contributed by atoms with E-state index in [1.54, 1.807) is 47.6 Å². The summed E-state index contributed by atoms with van der Waals surface area (Å²) in [6.45, 7) is 0.399. The normalized spacial score (nSPS) is 15.2. The molecule has 0 aliphatic carbocycles. The van der Waals surface area contributed by atoms with Crippen molar-refractivity contribution < 1.29 is 28.6 Å². The molecule has 2 heterocycles. The molecule has 0 spiro atoms. The Balaban J connectivity index is 1.41. The maximum atomic E-state index is 13.5. The van der Waals surface area contributed by atoms with Gasteiger partial charge in [-0.2, -0.15) is 0 Å². The number of amides is 1. The largest absolute Gasteiger partial charge is 0.493 e. The van der Waals surface area contributed by atoms with Gasteiger partial charge in [-0.3, -0.25) is 9.69 Å². The second-order valence-electron chi connectivity index (χ2n) is 8.64. The van der Waals surface area contributed by atoms with Crippen molar-refractivity contribution in [1.29, 1.82) is 0 Å². The van der Waals surface area contributed by atoms with Crippen LogP contribution in [-0.4, -0.2) is 34.2 Å². The van der Waals surface area contributed by atoms with Gasteiger partial charge in [-0.1, -0.05) is 30.3 Å². The third kappa shape index (κ3) is 6.30. The average molecular weight is 619 g/mol. The lowest BCUT2D eigenvalue weighted by atomic mass is 10.1. The van der Waals surface area contributed by atoms with Crippen LogP contribution in [0.25, 0.3) is 6.08 Å². The van der Waals surface area contributed by atoms with Crippen molar-refractivity contribution in [1.82, 2.24) is 4.90 Å². The van der Waals surface area contributed by atoms with E-state index in [4.69, 9.17) is 18.9 Å². The monoisotopic (exact) mass is 618 g/mol. The van der Waals surface area contributed by atoms with Gasteiger partial charge in [-0.25, -0.2) is 9.79 Å². The zero-order chi connectivity index (χ0) is 28.1. The molecule has 5 rings (SSSR count). The number of carbonyl (C=O) groups excluding carboxylic acids is 1. The van der Waals surface area contributed by atoms with E-state index in [1.165, 1.54) is 24.9 Å². The Bertz CT molecular complexity index is 1600. The summed E-state index contributed by atoms with van der Waals surface area (Å²) in [6.07, 6.45) is 3.35. The number of carboxylic acids is 1. The van der Waals surface area contributed by atoms with E-state index in [1.807, 2.05) is 42.5 Å². The van der Waals surface area contributed by atoms with E-state index < -0.39 is 5.97 Å². The highest BCUT2D eigenvalue weighted by Gasteiger charge is 2.34. The van der Waals surface area contributed by atoms with E-state index in [0.29, 0.717) is 37.4 Å². The summed E-state index contributed by atoms with van der Waals surface area (Å²) >= 11 is 4.84. The summed E-state index contributed by atoms with van der Waals surface area (Å²) in [5, 5.41) is 9.79. The van der Waals surface area contributed by atoms with Gasteiger partial charge in [0.15, 0.2) is 16.7 Å². The van der Waals surface area contributed by atoms with Gasteiger partial charge in [0.05, 0.1) is 40.5 Å². The summed E-state index contributed by atoms with van der Waals surface area (Å²) in [4.78, 5) is 31.6. The van der Waals surface area contributed by atoms with Gasteiger partial charge in [-0.05, 0) is 93.4 Å².